The van der Waals surface area contributed by atoms with E-state index in [0.29, 0.717) is 11.1 Å². The van der Waals surface area contributed by atoms with Crippen LogP contribution in [0.4, 0.5) is 5.69 Å². The van der Waals surface area contributed by atoms with E-state index in [1.54, 1.807) is 30.3 Å². The van der Waals surface area contributed by atoms with Crippen LogP contribution in [0.5, 0.6) is 0 Å². The molecule has 156 valence electrons. The number of nitro groups is 1. The Hall–Kier alpha value is -4.26. The highest BCUT2D eigenvalue weighted by atomic mass is 16.6. The quantitative estimate of drug-likeness (QED) is 0.342. The SMILES string of the molecule is CC(NC(=O)/C(=C\c1ccc([N+](=O)[O-])cc1)NC(=O)c1ccccc1)c1ccccc1. The number of benzene rings is 3. The molecule has 3 aromatic carbocycles. The van der Waals surface area contributed by atoms with E-state index in [-0.39, 0.29) is 17.4 Å². The Balaban J connectivity index is 1.86. The standard InChI is InChI=1S/C24H21N3O4/c1-17(19-8-4-2-5-9-19)25-24(29)22(26-23(28)20-10-6-3-7-11-20)16-18-12-14-21(15-13-18)27(30)31/h2-17H,1H3,(H,25,29)(H,26,28)/b22-16+. The number of rotatable bonds is 7. The first-order valence-corrected chi connectivity index (χ1v) is 9.62. The summed E-state index contributed by atoms with van der Waals surface area (Å²) in [6.45, 7) is 1.84. The van der Waals surface area contributed by atoms with Gasteiger partial charge in [0.05, 0.1) is 11.0 Å². The van der Waals surface area contributed by atoms with Gasteiger partial charge in [-0.25, -0.2) is 0 Å². The minimum absolute atomic E-state index is 0.0329. The Labute approximate surface area is 179 Å². The van der Waals surface area contributed by atoms with Crippen LogP contribution in [0.3, 0.4) is 0 Å². The molecule has 0 spiro atoms. The number of non-ortho nitro benzene ring substituents is 1. The highest BCUT2D eigenvalue weighted by Crippen LogP contribution is 2.16. The van der Waals surface area contributed by atoms with E-state index in [1.807, 2.05) is 37.3 Å². The number of nitro benzene ring substituents is 1. The number of amides is 2. The summed E-state index contributed by atoms with van der Waals surface area (Å²) in [5, 5.41) is 16.4. The number of nitrogens with one attached hydrogen (secondary N) is 2. The number of carbonyl (C=O) groups excluding carboxylic acids is 2. The third kappa shape index (κ3) is 5.86. The van der Waals surface area contributed by atoms with Crippen molar-refractivity contribution < 1.29 is 14.5 Å². The molecule has 0 bridgehead atoms. The number of carbonyl (C=O) groups is 2. The van der Waals surface area contributed by atoms with Gasteiger partial charge in [0.15, 0.2) is 0 Å². The molecule has 0 heterocycles. The van der Waals surface area contributed by atoms with Gasteiger partial charge in [-0.1, -0.05) is 48.5 Å². The van der Waals surface area contributed by atoms with Gasteiger partial charge in [0, 0.05) is 17.7 Å². The Kier molecular flexibility index (Phi) is 6.90. The van der Waals surface area contributed by atoms with Crippen LogP contribution in [0, 0.1) is 10.1 Å². The molecule has 3 rings (SSSR count). The monoisotopic (exact) mass is 415 g/mol. The zero-order valence-corrected chi connectivity index (χ0v) is 16.8. The zero-order chi connectivity index (χ0) is 22.2. The molecule has 0 saturated heterocycles. The molecule has 2 amide bonds. The minimum atomic E-state index is -0.500. The van der Waals surface area contributed by atoms with Gasteiger partial charge in [-0.05, 0) is 48.4 Å². The van der Waals surface area contributed by atoms with E-state index in [0.717, 1.165) is 5.56 Å². The lowest BCUT2D eigenvalue weighted by Crippen LogP contribution is -2.36. The third-order valence-electron chi connectivity index (χ3n) is 4.59. The molecular formula is C24H21N3O4. The second kappa shape index (κ2) is 9.98. The van der Waals surface area contributed by atoms with Crippen LogP contribution in [-0.2, 0) is 4.79 Å². The van der Waals surface area contributed by atoms with Gasteiger partial charge in [0.1, 0.15) is 5.70 Å². The summed E-state index contributed by atoms with van der Waals surface area (Å²) >= 11 is 0. The lowest BCUT2D eigenvalue weighted by Gasteiger charge is -2.17. The molecule has 0 aliphatic carbocycles. The third-order valence-corrected chi connectivity index (χ3v) is 4.59. The zero-order valence-electron chi connectivity index (χ0n) is 16.8. The van der Waals surface area contributed by atoms with Crippen molar-refractivity contribution in [3.63, 3.8) is 0 Å². The van der Waals surface area contributed by atoms with E-state index in [4.69, 9.17) is 0 Å². The predicted octanol–water partition coefficient (Wildman–Crippen LogP) is 4.24. The summed E-state index contributed by atoms with van der Waals surface area (Å²) in [5.41, 5.74) is 1.83. The highest BCUT2D eigenvalue weighted by molar-refractivity contribution is 6.05. The molecule has 0 aromatic heterocycles. The fourth-order valence-electron chi connectivity index (χ4n) is 2.90. The highest BCUT2D eigenvalue weighted by Gasteiger charge is 2.17. The molecule has 3 aromatic rings. The second-order valence-corrected chi connectivity index (χ2v) is 6.83. The van der Waals surface area contributed by atoms with E-state index in [1.165, 1.54) is 30.3 Å². The topological polar surface area (TPSA) is 101 Å². The smallest absolute Gasteiger partial charge is 0.269 e. The van der Waals surface area contributed by atoms with Crippen molar-refractivity contribution in [2.24, 2.45) is 0 Å². The van der Waals surface area contributed by atoms with Crippen molar-refractivity contribution in [3.8, 4) is 0 Å². The van der Waals surface area contributed by atoms with Gasteiger partial charge in [-0.3, -0.25) is 19.7 Å². The molecule has 0 fully saturated rings. The molecule has 7 heteroatoms. The van der Waals surface area contributed by atoms with E-state index < -0.39 is 16.7 Å². The van der Waals surface area contributed by atoms with E-state index in [2.05, 4.69) is 10.6 Å². The number of hydrogen-bond donors (Lipinski definition) is 2. The average Bonchev–Trinajstić information content (AvgIpc) is 2.80. The van der Waals surface area contributed by atoms with Crippen molar-refractivity contribution in [2.45, 2.75) is 13.0 Å². The van der Waals surface area contributed by atoms with Crippen LogP contribution >= 0.6 is 0 Å². The van der Waals surface area contributed by atoms with Gasteiger partial charge >= 0.3 is 0 Å². The molecule has 7 nitrogen and oxygen atoms in total. The molecule has 1 unspecified atom stereocenters. The van der Waals surface area contributed by atoms with Crippen LogP contribution in [0.15, 0.2) is 90.6 Å². The molecular weight excluding hydrogens is 394 g/mol. The lowest BCUT2D eigenvalue weighted by atomic mass is 10.1. The summed E-state index contributed by atoms with van der Waals surface area (Å²) in [6.07, 6.45) is 1.48. The molecule has 0 radical (unpaired) electrons. The molecule has 31 heavy (non-hydrogen) atoms. The van der Waals surface area contributed by atoms with E-state index >= 15 is 0 Å². The van der Waals surface area contributed by atoms with Gasteiger partial charge in [-0.15, -0.1) is 0 Å². The van der Waals surface area contributed by atoms with Crippen LogP contribution in [0.2, 0.25) is 0 Å². The maximum absolute atomic E-state index is 13.0. The van der Waals surface area contributed by atoms with E-state index in [9.17, 15) is 19.7 Å². The van der Waals surface area contributed by atoms with Crippen LogP contribution < -0.4 is 10.6 Å². The van der Waals surface area contributed by atoms with Gasteiger partial charge in [0.2, 0.25) is 0 Å². The van der Waals surface area contributed by atoms with Crippen LogP contribution in [0.25, 0.3) is 6.08 Å². The summed E-state index contributed by atoms with van der Waals surface area (Å²) in [7, 11) is 0. The second-order valence-electron chi connectivity index (χ2n) is 6.83. The largest absolute Gasteiger partial charge is 0.344 e. The van der Waals surface area contributed by atoms with Gasteiger partial charge < -0.3 is 10.6 Å². The van der Waals surface area contributed by atoms with Gasteiger partial charge in [0.25, 0.3) is 17.5 Å². The fourth-order valence-corrected chi connectivity index (χ4v) is 2.90. The summed E-state index contributed by atoms with van der Waals surface area (Å²) in [4.78, 5) is 36.0. The molecule has 0 aliphatic rings. The minimum Gasteiger partial charge on any atom is -0.344 e. The molecule has 2 N–H and O–H groups in total. The summed E-state index contributed by atoms with van der Waals surface area (Å²) < 4.78 is 0. The Morgan fingerprint density at radius 1 is 0.903 bits per heavy atom. The van der Waals surface area contributed by atoms with Crippen molar-refractivity contribution >= 4 is 23.6 Å². The first-order valence-electron chi connectivity index (χ1n) is 9.62. The van der Waals surface area contributed by atoms with Crippen molar-refractivity contribution in [2.75, 3.05) is 0 Å². The lowest BCUT2D eigenvalue weighted by molar-refractivity contribution is -0.384. The van der Waals surface area contributed by atoms with Crippen LogP contribution in [-0.4, -0.2) is 16.7 Å². The Bertz CT molecular complexity index is 1090. The van der Waals surface area contributed by atoms with Crippen LogP contribution in [0.1, 0.15) is 34.5 Å². The fraction of sp³-hybridized carbons (Fsp3) is 0.0833. The van der Waals surface area contributed by atoms with Crippen molar-refractivity contribution in [3.05, 3.63) is 117 Å². The Morgan fingerprint density at radius 2 is 1.48 bits per heavy atom. The normalized spacial score (nSPS) is 12.0. The number of hydrogen-bond acceptors (Lipinski definition) is 4. The predicted molar refractivity (Wildman–Crippen MR) is 118 cm³/mol. The first-order chi connectivity index (χ1) is 14.9. The average molecular weight is 415 g/mol. The number of nitrogens with zero attached hydrogens (tertiary/aromatic N) is 1. The summed E-state index contributed by atoms with van der Waals surface area (Å²) in [6, 6.07) is 23.4. The van der Waals surface area contributed by atoms with Crippen molar-refractivity contribution in [1.82, 2.24) is 10.6 Å². The molecule has 0 saturated carbocycles. The van der Waals surface area contributed by atoms with Crippen molar-refractivity contribution in [1.29, 1.82) is 0 Å². The summed E-state index contributed by atoms with van der Waals surface area (Å²) in [5.74, 6) is -0.907. The molecule has 1 atom stereocenters. The molecule has 0 aliphatic heterocycles. The van der Waals surface area contributed by atoms with Gasteiger partial charge in [-0.2, -0.15) is 0 Å². The maximum atomic E-state index is 13.0. The maximum Gasteiger partial charge on any atom is 0.269 e. The first kappa shape index (κ1) is 21.4. The Morgan fingerprint density at radius 3 is 2.06 bits per heavy atom.